The Balaban J connectivity index is 1.60. The topological polar surface area (TPSA) is 31.4 Å². The van der Waals surface area contributed by atoms with E-state index in [0.29, 0.717) is 0 Å². The van der Waals surface area contributed by atoms with Crippen LogP contribution in [-0.4, -0.2) is 48.6 Å². The SMILES string of the molecule is CCCNc1cncc(N2CCC(N3CCCCC3)C2)c1. The standard InChI is InChI=1S/C17H28N4/c1-2-7-19-15-11-17(13-18-12-15)21-10-6-16(14-21)20-8-4-3-5-9-20/h11-13,16,19H,2-10,14H2,1H3. The molecule has 0 spiro atoms. The quantitative estimate of drug-likeness (QED) is 0.902. The van der Waals surface area contributed by atoms with E-state index in [1.165, 1.54) is 57.5 Å². The van der Waals surface area contributed by atoms with Gasteiger partial charge in [-0.2, -0.15) is 0 Å². The van der Waals surface area contributed by atoms with Crippen LogP contribution in [0.3, 0.4) is 0 Å². The molecule has 3 rings (SSSR count). The summed E-state index contributed by atoms with van der Waals surface area (Å²) in [5.41, 5.74) is 2.42. The van der Waals surface area contributed by atoms with Gasteiger partial charge < -0.3 is 10.2 Å². The van der Waals surface area contributed by atoms with E-state index >= 15 is 0 Å². The van der Waals surface area contributed by atoms with Crippen LogP contribution < -0.4 is 10.2 Å². The highest BCUT2D eigenvalue weighted by molar-refractivity contribution is 5.56. The third kappa shape index (κ3) is 3.67. The average Bonchev–Trinajstić information content (AvgIpc) is 3.04. The zero-order valence-electron chi connectivity index (χ0n) is 13.2. The summed E-state index contributed by atoms with van der Waals surface area (Å²) in [6.45, 7) is 8.14. The van der Waals surface area contributed by atoms with Crippen molar-refractivity contribution in [3.63, 3.8) is 0 Å². The smallest absolute Gasteiger partial charge is 0.0574 e. The lowest BCUT2D eigenvalue weighted by Crippen LogP contribution is -2.40. The largest absolute Gasteiger partial charge is 0.384 e. The van der Waals surface area contributed by atoms with Crippen LogP contribution in [0.5, 0.6) is 0 Å². The van der Waals surface area contributed by atoms with Crippen molar-refractivity contribution in [2.24, 2.45) is 0 Å². The first-order valence-corrected chi connectivity index (χ1v) is 8.54. The molecule has 0 aromatic carbocycles. The molecule has 1 aromatic rings. The summed E-state index contributed by atoms with van der Waals surface area (Å²) in [6.07, 6.45) is 10.6. The zero-order valence-corrected chi connectivity index (χ0v) is 13.2. The minimum Gasteiger partial charge on any atom is -0.384 e. The highest BCUT2D eigenvalue weighted by atomic mass is 15.3. The number of nitrogens with one attached hydrogen (secondary N) is 1. The van der Waals surface area contributed by atoms with Crippen LogP contribution in [0.25, 0.3) is 0 Å². The molecular formula is C17H28N4. The number of nitrogens with zero attached hydrogens (tertiary/aromatic N) is 3. The Morgan fingerprint density at radius 3 is 2.86 bits per heavy atom. The van der Waals surface area contributed by atoms with Gasteiger partial charge in [0.25, 0.3) is 0 Å². The molecule has 2 aliphatic rings. The van der Waals surface area contributed by atoms with Gasteiger partial charge in [0, 0.05) is 25.7 Å². The summed E-state index contributed by atoms with van der Waals surface area (Å²) in [5, 5.41) is 3.43. The highest BCUT2D eigenvalue weighted by Gasteiger charge is 2.28. The van der Waals surface area contributed by atoms with Crippen molar-refractivity contribution in [1.29, 1.82) is 0 Å². The fraction of sp³-hybridized carbons (Fsp3) is 0.706. The normalized spacial score (nSPS) is 23.5. The number of hydrogen-bond acceptors (Lipinski definition) is 4. The number of rotatable bonds is 5. The number of pyridine rings is 1. The van der Waals surface area contributed by atoms with Gasteiger partial charge in [0.05, 0.1) is 23.8 Å². The van der Waals surface area contributed by atoms with Gasteiger partial charge in [0.1, 0.15) is 0 Å². The van der Waals surface area contributed by atoms with Crippen LogP contribution >= 0.6 is 0 Å². The minimum atomic E-state index is 0.748. The van der Waals surface area contributed by atoms with Gasteiger partial charge >= 0.3 is 0 Å². The van der Waals surface area contributed by atoms with E-state index in [1.807, 2.05) is 12.4 Å². The molecule has 0 aliphatic carbocycles. The lowest BCUT2D eigenvalue weighted by atomic mass is 10.1. The maximum Gasteiger partial charge on any atom is 0.0574 e. The van der Waals surface area contributed by atoms with E-state index in [9.17, 15) is 0 Å². The molecule has 2 saturated heterocycles. The molecule has 2 aliphatic heterocycles. The zero-order chi connectivity index (χ0) is 14.5. The first-order valence-electron chi connectivity index (χ1n) is 8.54. The number of piperidine rings is 1. The van der Waals surface area contributed by atoms with E-state index in [-0.39, 0.29) is 0 Å². The lowest BCUT2D eigenvalue weighted by molar-refractivity contribution is 0.175. The third-order valence-corrected chi connectivity index (χ3v) is 4.74. The predicted octanol–water partition coefficient (Wildman–Crippen LogP) is 2.97. The second-order valence-corrected chi connectivity index (χ2v) is 6.34. The number of aromatic nitrogens is 1. The Bertz CT molecular complexity index is 442. The molecule has 0 radical (unpaired) electrons. The molecule has 0 saturated carbocycles. The Morgan fingerprint density at radius 2 is 2.05 bits per heavy atom. The van der Waals surface area contributed by atoms with Gasteiger partial charge in [-0.05, 0) is 44.8 Å². The van der Waals surface area contributed by atoms with Crippen LogP contribution in [-0.2, 0) is 0 Å². The summed E-state index contributed by atoms with van der Waals surface area (Å²) < 4.78 is 0. The third-order valence-electron chi connectivity index (χ3n) is 4.74. The van der Waals surface area contributed by atoms with Crippen molar-refractivity contribution >= 4 is 11.4 Å². The minimum absolute atomic E-state index is 0.748. The van der Waals surface area contributed by atoms with E-state index in [0.717, 1.165) is 24.7 Å². The van der Waals surface area contributed by atoms with Gasteiger partial charge in [-0.15, -0.1) is 0 Å². The Morgan fingerprint density at radius 1 is 1.19 bits per heavy atom. The highest BCUT2D eigenvalue weighted by Crippen LogP contribution is 2.26. The predicted molar refractivity (Wildman–Crippen MR) is 89.1 cm³/mol. The number of anilines is 2. The molecule has 116 valence electrons. The van der Waals surface area contributed by atoms with Crippen molar-refractivity contribution in [1.82, 2.24) is 9.88 Å². The van der Waals surface area contributed by atoms with Crippen molar-refractivity contribution in [3.8, 4) is 0 Å². The summed E-state index contributed by atoms with van der Waals surface area (Å²) in [4.78, 5) is 9.61. The van der Waals surface area contributed by atoms with Crippen molar-refractivity contribution < 1.29 is 0 Å². The second-order valence-electron chi connectivity index (χ2n) is 6.34. The maximum absolute atomic E-state index is 4.40. The molecule has 4 nitrogen and oxygen atoms in total. The summed E-state index contributed by atoms with van der Waals surface area (Å²) in [7, 11) is 0. The fourth-order valence-corrected chi connectivity index (χ4v) is 3.52. The molecule has 0 bridgehead atoms. The second kappa shape index (κ2) is 7.12. The van der Waals surface area contributed by atoms with E-state index in [1.54, 1.807) is 0 Å². The monoisotopic (exact) mass is 288 g/mol. The van der Waals surface area contributed by atoms with Crippen LogP contribution in [0.1, 0.15) is 39.0 Å². The molecule has 1 N–H and O–H groups in total. The first-order chi connectivity index (χ1) is 10.4. The van der Waals surface area contributed by atoms with Crippen molar-refractivity contribution in [2.75, 3.05) is 42.9 Å². The number of likely N-dealkylation sites (tertiary alicyclic amines) is 1. The van der Waals surface area contributed by atoms with Crippen molar-refractivity contribution in [2.45, 2.75) is 45.1 Å². The molecule has 2 fully saturated rings. The molecule has 1 aromatic heterocycles. The molecule has 4 heteroatoms. The van der Waals surface area contributed by atoms with E-state index in [2.05, 4.69) is 33.1 Å². The summed E-state index contributed by atoms with van der Waals surface area (Å²) >= 11 is 0. The molecule has 1 atom stereocenters. The summed E-state index contributed by atoms with van der Waals surface area (Å²) in [6, 6.07) is 3.00. The molecule has 1 unspecified atom stereocenters. The van der Waals surface area contributed by atoms with Gasteiger partial charge in [-0.1, -0.05) is 13.3 Å². The Hall–Kier alpha value is -1.29. The van der Waals surface area contributed by atoms with Gasteiger partial charge in [0.15, 0.2) is 0 Å². The lowest BCUT2D eigenvalue weighted by Gasteiger charge is -2.32. The van der Waals surface area contributed by atoms with Gasteiger partial charge in [-0.25, -0.2) is 0 Å². The van der Waals surface area contributed by atoms with Crippen LogP contribution in [0.2, 0.25) is 0 Å². The Kier molecular flexibility index (Phi) is 4.96. The van der Waals surface area contributed by atoms with Crippen LogP contribution in [0.15, 0.2) is 18.5 Å². The Labute approximate surface area is 128 Å². The average molecular weight is 288 g/mol. The van der Waals surface area contributed by atoms with Crippen LogP contribution in [0, 0.1) is 0 Å². The molecule has 21 heavy (non-hydrogen) atoms. The molecular weight excluding hydrogens is 260 g/mol. The van der Waals surface area contributed by atoms with Gasteiger partial charge in [0.2, 0.25) is 0 Å². The molecule has 0 amide bonds. The molecule has 3 heterocycles. The summed E-state index contributed by atoms with van der Waals surface area (Å²) in [5.74, 6) is 0. The van der Waals surface area contributed by atoms with Crippen molar-refractivity contribution in [3.05, 3.63) is 18.5 Å². The van der Waals surface area contributed by atoms with Gasteiger partial charge in [-0.3, -0.25) is 9.88 Å². The van der Waals surface area contributed by atoms with E-state index in [4.69, 9.17) is 0 Å². The van der Waals surface area contributed by atoms with Crippen LogP contribution in [0.4, 0.5) is 11.4 Å². The maximum atomic E-state index is 4.40. The number of hydrogen-bond donors (Lipinski definition) is 1. The first kappa shape index (κ1) is 14.6. The van der Waals surface area contributed by atoms with E-state index < -0.39 is 0 Å². The fourth-order valence-electron chi connectivity index (χ4n) is 3.52.